The van der Waals surface area contributed by atoms with Crippen LogP contribution in [-0.2, 0) is 4.74 Å². The van der Waals surface area contributed by atoms with E-state index in [4.69, 9.17) is 4.74 Å². The largest absolute Gasteiger partial charge is 0.378 e. The summed E-state index contributed by atoms with van der Waals surface area (Å²) in [7, 11) is 0. The second-order valence-electron chi connectivity index (χ2n) is 5.63. The number of nitrogens with zero attached hydrogens (tertiary/aromatic N) is 3. The van der Waals surface area contributed by atoms with Gasteiger partial charge in [0.15, 0.2) is 0 Å². The zero-order valence-corrected chi connectivity index (χ0v) is 12.7. The number of morpholine rings is 1. The smallest absolute Gasteiger partial charge is 0.128 e. The van der Waals surface area contributed by atoms with Gasteiger partial charge in [-0.3, -0.25) is 0 Å². The molecule has 2 heterocycles. The summed E-state index contributed by atoms with van der Waals surface area (Å²) < 4.78 is 19.5. The Labute approximate surface area is 134 Å². The van der Waals surface area contributed by atoms with E-state index in [-0.39, 0.29) is 5.83 Å². The molecule has 117 valence electrons. The Kier molecular flexibility index (Phi) is 3.79. The number of hydrogen-bond donors (Lipinski definition) is 0. The lowest BCUT2D eigenvalue weighted by molar-refractivity contribution is 0.122. The Balaban J connectivity index is 1.76. The van der Waals surface area contributed by atoms with Crippen LogP contribution in [-0.4, -0.2) is 36.3 Å². The van der Waals surface area contributed by atoms with Gasteiger partial charge in [0.05, 0.1) is 24.4 Å². The SMILES string of the molecule is FC1=CC[CH]C=C1c1ncnc2cc(N3CCOCC3)ccc12. The van der Waals surface area contributed by atoms with E-state index in [1.807, 2.05) is 18.6 Å². The van der Waals surface area contributed by atoms with Crippen molar-refractivity contribution in [2.45, 2.75) is 6.42 Å². The van der Waals surface area contributed by atoms with Crippen molar-refractivity contribution >= 4 is 22.2 Å². The summed E-state index contributed by atoms with van der Waals surface area (Å²) in [4.78, 5) is 11.0. The van der Waals surface area contributed by atoms with Gasteiger partial charge in [0, 0.05) is 29.7 Å². The number of anilines is 1. The quantitative estimate of drug-likeness (QED) is 0.853. The van der Waals surface area contributed by atoms with E-state index in [1.54, 1.807) is 12.2 Å². The summed E-state index contributed by atoms with van der Waals surface area (Å²) in [5, 5.41) is 0.870. The molecule has 0 unspecified atom stereocenters. The van der Waals surface area contributed by atoms with Crippen molar-refractivity contribution < 1.29 is 9.13 Å². The van der Waals surface area contributed by atoms with Gasteiger partial charge in [-0.2, -0.15) is 0 Å². The van der Waals surface area contributed by atoms with Gasteiger partial charge in [-0.1, -0.05) is 6.08 Å². The minimum absolute atomic E-state index is 0.218. The highest BCUT2D eigenvalue weighted by Gasteiger charge is 2.17. The molecule has 2 aliphatic rings. The van der Waals surface area contributed by atoms with Gasteiger partial charge in [-0.05, 0) is 37.1 Å². The lowest BCUT2D eigenvalue weighted by atomic mass is 9.99. The molecule has 5 heteroatoms. The Morgan fingerprint density at radius 1 is 1.13 bits per heavy atom. The standard InChI is InChI=1S/C18H17FN3O/c19-16-4-2-1-3-14(16)18-15-6-5-13(11-17(15)20-12-21-18)22-7-9-23-10-8-22/h1,3-6,11-12H,2,7-10H2. The number of fused-ring (bicyclic) bond motifs is 1. The fourth-order valence-corrected chi connectivity index (χ4v) is 3.02. The fourth-order valence-electron chi connectivity index (χ4n) is 3.02. The molecule has 23 heavy (non-hydrogen) atoms. The van der Waals surface area contributed by atoms with E-state index in [9.17, 15) is 4.39 Å². The Morgan fingerprint density at radius 3 is 2.83 bits per heavy atom. The lowest BCUT2D eigenvalue weighted by Crippen LogP contribution is -2.36. The minimum atomic E-state index is -0.218. The predicted octanol–water partition coefficient (Wildman–Crippen LogP) is 3.31. The van der Waals surface area contributed by atoms with E-state index < -0.39 is 0 Å². The maximum absolute atomic E-state index is 14.1. The topological polar surface area (TPSA) is 38.2 Å². The zero-order valence-electron chi connectivity index (χ0n) is 12.7. The van der Waals surface area contributed by atoms with Gasteiger partial charge in [0.1, 0.15) is 12.2 Å². The summed E-state index contributed by atoms with van der Waals surface area (Å²) in [6.45, 7) is 3.24. The number of rotatable bonds is 2. The molecule has 1 radical (unpaired) electrons. The number of benzene rings is 1. The maximum atomic E-state index is 14.1. The molecule has 0 atom stereocenters. The molecule has 0 amide bonds. The molecule has 1 aliphatic carbocycles. The molecule has 4 rings (SSSR count). The third kappa shape index (κ3) is 2.72. The molecule has 1 aromatic heterocycles. The van der Waals surface area contributed by atoms with Gasteiger partial charge in [-0.15, -0.1) is 0 Å². The van der Waals surface area contributed by atoms with Crippen molar-refractivity contribution in [2.24, 2.45) is 0 Å². The number of aromatic nitrogens is 2. The van der Waals surface area contributed by atoms with Gasteiger partial charge in [0.2, 0.25) is 0 Å². The molecule has 2 aromatic rings. The van der Waals surface area contributed by atoms with E-state index in [1.165, 1.54) is 6.33 Å². The van der Waals surface area contributed by atoms with Crippen LogP contribution >= 0.6 is 0 Å². The zero-order chi connectivity index (χ0) is 15.6. The first-order valence-electron chi connectivity index (χ1n) is 7.80. The van der Waals surface area contributed by atoms with Gasteiger partial charge in [0.25, 0.3) is 0 Å². The van der Waals surface area contributed by atoms with Crippen LogP contribution in [0.4, 0.5) is 10.1 Å². The number of ether oxygens (including phenoxy) is 1. The lowest BCUT2D eigenvalue weighted by Gasteiger charge is -2.29. The van der Waals surface area contributed by atoms with Crippen LogP contribution in [0.2, 0.25) is 0 Å². The third-order valence-electron chi connectivity index (χ3n) is 4.23. The normalized spacial score (nSPS) is 18.7. The maximum Gasteiger partial charge on any atom is 0.128 e. The number of halogens is 1. The average Bonchev–Trinajstić information content (AvgIpc) is 2.62. The molecule has 1 aliphatic heterocycles. The first-order valence-corrected chi connectivity index (χ1v) is 7.80. The highest BCUT2D eigenvalue weighted by atomic mass is 19.1. The van der Waals surface area contributed by atoms with Gasteiger partial charge < -0.3 is 9.64 Å². The van der Waals surface area contributed by atoms with E-state index in [2.05, 4.69) is 20.9 Å². The molecule has 1 aromatic carbocycles. The van der Waals surface area contributed by atoms with Crippen molar-refractivity contribution in [2.75, 3.05) is 31.2 Å². The van der Waals surface area contributed by atoms with Crippen molar-refractivity contribution in [3.05, 3.63) is 54.6 Å². The summed E-state index contributed by atoms with van der Waals surface area (Å²) >= 11 is 0. The minimum Gasteiger partial charge on any atom is -0.378 e. The summed E-state index contributed by atoms with van der Waals surface area (Å²) in [5.74, 6) is -0.218. The first kappa shape index (κ1) is 14.3. The molecule has 0 saturated carbocycles. The van der Waals surface area contributed by atoms with Gasteiger partial charge >= 0.3 is 0 Å². The molecular weight excluding hydrogens is 293 g/mol. The summed E-state index contributed by atoms with van der Waals surface area (Å²) in [6.07, 6.45) is 7.44. The molecule has 1 fully saturated rings. The number of hydrogen-bond acceptors (Lipinski definition) is 4. The molecule has 0 N–H and O–H groups in total. The average molecular weight is 310 g/mol. The summed E-state index contributed by atoms with van der Waals surface area (Å²) in [5.41, 5.74) is 3.12. The Morgan fingerprint density at radius 2 is 2.00 bits per heavy atom. The van der Waals surface area contributed by atoms with Crippen molar-refractivity contribution in [1.82, 2.24) is 9.97 Å². The molecule has 1 saturated heterocycles. The molecular formula is C18H17FN3O. The van der Waals surface area contributed by atoms with E-state index in [0.717, 1.165) is 42.9 Å². The van der Waals surface area contributed by atoms with E-state index in [0.29, 0.717) is 17.7 Å². The van der Waals surface area contributed by atoms with Crippen LogP contribution in [0.3, 0.4) is 0 Å². The fraction of sp³-hybridized carbons (Fsp3) is 0.278. The highest BCUT2D eigenvalue weighted by Crippen LogP contribution is 2.32. The highest BCUT2D eigenvalue weighted by molar-refractivity contribution is 5.95. The molecule has 0 spiro atoms. The van der Waals surface area contributed by atoms with Crippen LogP contribution < -0.4 is 4.90 Å². The molecule has 0 bridgehead atoms. The first-order chi connectivity index (χ1) is 11.3. The van der Waals surface area contributed by atoms with Crippen molar-refractivity contribution in [1.29, 1.82) is 0 Å². The Hall–Kier alpha value is -2.27. The van der Waals surface area contributed by atoms with Gasteiger partial charge in [-0.25, -0.2) is 14.4 Å². The second kappa shape index (κ2) is 6.08. The van der Waals surface area contributed by atoms with Crippen LogP contribution in [0, 0.1) is 6.42 Å². The van der Waals surface area contributed by atoms with E-state index >= 15 is 0 Å². The van der Waals surface area contributed by atoms with Crippen molar-refractivity contribution in [3.63, 3.8) is 0 Å². The third-order valence-corrected chi connectivity index (χ3v) is 4.23. The Bertz CT molecular complexity index is 794. The summed E-state index contributed by atoms with van der Waals surface area (Å²) in [6, 6.07) is 6.08. The number of allylic oxidation sites excluding steroid dienone is 4. The molecule has 4 nitrogen and oxygen atoms in total. The second-order valence-corrected chi connectivity index (χ2v) is 5.63. The van der Waals surface area contributed by atoms with Crippen LogP contribution in [0.5, 0.6) is 0 Å². The van der Waals surface area contributed by atoms with Crippen LogP contribution in [0.1, 0.15) is 12.1 Å². The van der Waals surface area contributed by atoms with Crippen LogP contribution in [0.15, 0.2) is 42.5 Å². The predicted molar refractivity (Wildman–Crippen MR) is 88.7 cm³/mol. The van der Waals surface area contributed by atoms with Crippen molar-refractivity contribution in [3.8, 4) is 0 Å². The monoisotopic (exact) mass is 310 g/mol. The van der Waals surface area contributed by atoms with Crippen LogP contribution in [0.25, 0.3) is 16.5 Å².